The van der Waals surface area contributed by atoms with Crippen LogP contribution in [0, 0.1) is 5.92 Å². The van der Waals surface area contributed by atoms with E-state index >= 15 is 0 Å². The van der Waals surface area contributed by atoms with Crippen LogP contribution >= 0.6 is 0 Å². The van der Waals surface area contributed by atoms with Crippen molar-refractivity contribution in [1.29, 1.82) is 0 Å². The first-order chi connectivity index (χ1) is 20.8. The maximum absolute atomic E-state index is 13.3. The first-order valence-electron chi connectivity index (χ1n) is 16.5. The molecular weight excluding hydrogens is 571 g/mol. The van der Waals surface area contributed by atoms with Crippen molar-refractivity contribution in [3.05, 3.63) is 87.5 Å². The summed E-state index contributed by atoms with van der Waals surface area (Å²) in [6.45, 7) is 20.3. The van der Waals surface area contributed by atoms with Crippen LogP contribution in [0.4, 0.5) is 13.2 Å². The smallest absolute Gasteiger partial charge is 0.412 e. The van der Waals surface area contributed by atoms with E-state index in [2.05, 4.69) is 76.8 Å². The summed E-state index contributed by atoms with van der Waals surface area (Å²) in [5, 5.41) is 10.2. The Labute approximate surface area is 268 Å². The Bertz CT molecular complexity index is 1400. The minimum absolute atomic E-state index is 0.0395. The van der Waals surface area contributed by atoms with Crippen LogP contribution in [0.3, 0.4) is 0 Å². The molecule has 6 heteroatoms. The normalized spacial score (nSPS) is 19.3. The fourth-order valence-corrected chi connectivity index (χ4v) is 6.64. The van der Waals surface area contributed by atoms with Gasteiger partial charge in [0, 0.05) is 18.7 Å². The van der Waals surface area contributed by atoms with Gasteiger partial charge >= 0.3 is 12.1 Å². The second-order valence-electron chi connectivity index (χ2n) is 15.8. The number of carboxylic acids is 1. The molecule has 1 heterocycles. The number of allylic oxidation sites excluding steroid dienone is 4. The van der Waals surface area contributed by atoms with Crippen molar-refractivity contribution >= 4 is 11.5 Å². The van der Waals surface area contributed by atoms with E-state index in [-0.39, 0.29) is 35.5 Å². The van der Waals surface area contributed by atoms with Crippen LogP contribution in [0.2, 0.25) is 0 Å². The van der Waals surface area contributed by atoms with E-state index in [1.807, 2.05) is 19.9 Å². The Morgan fingerprint density at radius 3 is 2.07 bits per heavy atom. The third-order valence-electron chi connectivity index (χ3n) is 9.38. The molecule has 4 rings (SSSR count). The lowest BCUT2D eigenvalue weighted by molar-refractivity contribution is -0.139. The molecule has 1 N–H and O–H groups in total. The molecular formula is C39H52F3NO2. The van der Waals surface area contributed by atoms with Crippen molar-refractivity contribution in [1.82, 2.24) is 4.90 Å². The van der Waals surface area contributed by atoms with E-state index in [9.17, 15) is 23.1 Å². The molecule has 1 aliphatic heterocycles. The van der Waals surface area contributed by atoms with Crippen molar-refractivity contribution in [2.24, 2.45) is 5.92 Å². The maximum Gasteiger partial charge on any atom is 0.412 e. The molecule has 0 bridgehead atoms. The number of alkyl halides is 3. The summed E-state index contributed by atoms with van der Waals surface area (Å²) >= 11 is 0. The Kier molecular flexibility index (Phi) is 10.5. The number of carboxylic acid groups (broad SMARTS) is 1. The molecule has 2 aromatic rings. The first-order valence-corrected chi connectivity index (χ1v) is 16.5. The zero-order chi connectivity index (χ0) is 33.3. The minimum atomic E-state index is -4.33. The van der Waals surface area contributed by atoms with Gasteiger partial charge in [0.1, 0.15) is 0 Å². The van der Waals surface area contributed by atoms with Crippen molar-refractivity contribution in [2.75, 3.05) is 13.1 Å². The second-order valence-corrected chi connectivity index (χ2v) is 15.8. The summed E-state index contributed by atoms with van der Waals surface area (Å²) in [6.07, 6.45) is 1.19. The van der Waals surface area contributed by atoms with Crippen LogP contribution in [0.25, 0.3) is 5.57 Å². The fraction of sp³-hybridized carbons (Fsp3) is 0.564. The third-order valence-corrected chi connectivity index (χ3v) is 9.38. The molecule has 0 amide bonds. The zero-order valence-electron chi connectivity index (χ0n) is 28.4. The van der Waals surface area contributed by atoms with Crippen LogP contribution in [0.1, 0.15) is 133 Å². The van der Waals surface area contributed by atoms with Crippen LogP contribution in [-0.4, -0.2) is 35.2 Å². The predicted octanol–water partition coefficient (Wildman–Crippen LogP) is 10.5. The average molecular weight is 624 g/mol. The standard InChI is InChI=1S/C39H52F3NO2/c1-25(2)16-35(36(44)45)31-20-29(27-11-13-32(14-12-27)39(40,41)42)19-30(21-31)28-10-9-15-43(24-28)23-26-17-33(37(3,4)5)22-34(18-26)38(6,7)8/h11,13,17-22,25,28,35H,9-10,12,14-16,23-24H2,1-8H3,(H,44,45). The Hall–Kier alpha value is -2.86. The summed E-state index contributed by atoms with van der Waals surface area (Å²) in [4.78, 5) is 15.0. The highest BCUT2D eigenvalue weighted by atomic mass is 19.4. The third kappa shape index (κ3) is 9.12. The summed E-state index contributed by atoms with van der Waals surface area (Å²) in [5.41, 5.74) is 7.07. The number of hydrogen-bond donors (Lipinski definition) is 1. The SMILES string of the molecule is CC(C)CC(C(=O)O)c1cc(C2=CC=C(C(F)(F)F)CC2)cc(C2CCCN(Cc3cc(C(C)(C)C)cc(C(C)(C)C)c3)C2)c1. The van der Waals surface area contributed by atoms with Gasteiger partial charge in [-0.05, 0) is 100 Å². The summed E-state index contributed by atoms with van der Waals surface area (Å²) in [6, 6.07) is 13.1. The van der Waals surface area contributed by atoms with Gasteiger partial charge in [-0.2, -0.15) is 13.2 Å². The van der Waals surface area contributed by atoms with Gasteiger partial charge in [0.25, 0.3) is 0 Å². The van der Waals surface area contributed by atoms with E-state index in [0.717, 1.165) is 54.7 Å². The van der Waals surface area contributed by atoms with E-state index in [1.54, 1.807) is 6.08 Å². The number of halogens is 3. The summed E-state index contributed by atoms with van der Waals surface area (Å²) in [5.74, 6) is -1.12. The Morgan fingerprint density at radius 2 is 1.56 bits per heavy atom. The van der Waals surface area contributed by atoms with Crippen molar-refractivity contribution in [3.8, 4) is 0 Å². The lowest BCUT2D eigenvalue weighted by atomic mass is 9.79. The lowest BCUT2D eigenvalue weighted by Crippen LogP contribution is -2.34. The molecule has 2 aromatic carbocycles. The highest BCUT2D eigenvalue weighted by Gasteiger charge is 2.34. The van der Waals surface area contributed by atoms with Crippen molar-refractivity contribution < 1.29 is 23.1 Å². The van der Waals surface area contributed by atoms with E-state index in [1.165, 1.54) is 22.8 Å². The molecule has 2 unspecified atom stereocenters. The van der Waals surface area contributed by atoms with Gasteiger partial charge in [-0.25, -0.2) is 0 Å². The summed E-state index contributed by atoms with van der Waals surface area (Å²) in [7, 11) is 0. The highest BCUT2D eigenvalue weighted by Crippen LogP contribution is 2.39. The largest absolute Gasteiger partial charge is 0.481 e. The number of aliphatic carboxylic acids is 1. The van der Waals surface area contributed by atoms with Crippen molar-refractivity contribution in [2.45, 2.75) is 123 Å². The average Bonchev–Trinajstić information content (AvgIpc) is 2.94. The number of benzene rings is 2. The molecule has 0 saturated carbocycles. The molecule has 2 atom stereocenters. The molecule has 3 nitrogen and oxygen atoms in total. The van der Waals surface area contributed by atoms with Crippen LogP contribution < -0.4 is 0 Å². The number of nitrogens with zero attached hydrogens (tertiary/aromatic N) is 1. The first kappa shape index (κ1) is 35.0. The number of carbonyl (C=O) groups is 1. The van der Waals surface area contributed by atoms with E-state index < -0.39 is 23.6 Å². The van der Waals surface area contributed by atoms with Gasteiger partial charge in [0.05, 0.1) is 5.92 Å². The quantitative estimate of drug-likeness (QED) is 0.318. The topological polar surface area (TPSA) is 40.5 Å². The number of hydrogen-bond acceptors (Lipinski definition) is 2. The van der Waals surface area contributed by atoms with Crippen LogP contribution in [0.15, 0.2) is 54.1 Å². The summed E-state index contributed by atoms with van der Waals surface area (Å²) < 4.78 is 40.0. The van der Waals surface area contributed by atoms with Gasteiger partial charge in [-0.3, -0.25) is 9.69 Å². The van der Waals surface area contributed by atoms with E-state index in [0.29, 0.717) is 6.42 Å². The van der Waals surface area contributed by atoms with Crippen molar-refractivity contribution in [3.63, 3.8) is 0 Å². The Morgan fingerprint density at radius 1 is 0.911 bits per heavy atom. The van der Waals surface area contributed by atoms with Gasteiger partial charge in [0.2, 0.25) is 0 Å². The minimum Gasteiger partial charge on any atom is -0.481 e. The predicted molar refractivity (Wildman–Crippen MR) is 179 cm³/mol. The maximum atomic E-state index is 13.3. The van der Waals surface area contributed by atoms with Crippen LogP contribution in [-0.2, 0) is 22.2 Å². The number of rotatable bonds is 8. The van der Waals surface area contributed by atoms with Gasteiger partial charge in [0.15, 0.2) is 0 Å². The van der Waals surface area contributed by atoms with Gasteiger partial charge in [-0.1, -0.05) is 104 Å². The molecule has 246 valence electrons. The van der Waals surface area contributed by atoms with Gasteiger partial charge in [-0.15, -0.1) is 0 Å². The number of likely N-dealkylation sites (tertiary alicyclic amines) is 1. The van der Waals surface area contributed by atoms with Crippen LogP contribution in [0.5, 0.6) is 0 Å². The molecule has 1 fully saturated rings. The molecule has 0 aromatic heterocycles. The molecule has 0 spiro atoms. The van der Waals surface area contributed by atoms with E-state index in [4.69, 9.17) is 0 Å². The lowest BCUT2D eigenvalue weighted by Gasteiger charge is -2.34. The molecule has 2 aliphatic rings. The molecule has 0 radical (unpaired) electrons. The zero-order valence-corrected chi connectivity index (χ0v) is 28.4. The monoisotopic (exact) mass is 623 g/mol. The number of piperidine rings is 1. The fourth-order valence-electron chi connectivity index (χ4n) is 6.64. The van der Waals surface area contributed by atoms with Gasteiger partial charge < -0.3 is 5.11 Å². The second kappa shape index (κ2) is 13.5. The molecule has 1 saturated heterocycles. The molecule has 45 heavy (non-hydrogen) atoms. The highest BCUT2D eigenvalue weighted by molar-refractivity contribution is 5.78. The molecule has 1 aliphatic carbocycles. The Balaban J connectivity index is 1.69.